The first-order valence-electron chi connectivity index (χ1n) is 8.89. The molecule has 4 nitrogen and oxygen atoms in total. The van der Waals surface area contributed by atoms with Gasteiger partial charge in [-0.05, 0) is 32.1 Å². The molecule has 1 saturated heterocycles. The van der Waals surface area contributed by atoms with Crippen molar-refractivity contribution < 1.29 is 13.5 Å². The Labute approximate surface area is 157 Å². The number of aromatic nitrogens is 1. The minimum Gasteiger partial charge on any atom is -0.456 e. The molecule has 1 aliphatic heterocycles. The zero-order valence-electron chi connectivity index (χ0n) is 15.6. The van der Waals surface area contributed by atoms with Crippen molar-refractivity contribution in [2.45, 2.75) is 13.8 Å². The third-order valence-corrected chi connectivity index (χ3v) is 4.48. The molecule has 1 fully saturated rings. The Bertz CT molecular complexity index is 911. The summed E-state index contributed by atoms with van der Waals surface area (Å²) in [7, 11) is 0. The molecule has 1 aromatic heterocycles. The number of fused-ring (bicyclic) bond motifs is 1. The van der Waals surface area contributed by atoms with Crippen LogP contribution < -0.4 is 15.0 Å². The van der Waals surface area contributed by atoms with Crippen molar-refractivity contribution in [2.24, 2.45) is 0 Å². The lowest BCUT2D eigenvalue weighted by Gasteiger charge is -2.30. The van der Waals surface area contributed by atoms with Crippen LogP contribution in [0.3, 0.4) is 0 Å². The fourth-order valence-corrected chi connectivity index (χ4v) is 3.05. The third kappa shape index (κ3) is 4.17. The number of para-hydroxylation sites is 1. The van der Waals surface area contributed by atoms with Crippen molar-refractivity contribution in [1.29, 1.82) is 0 Å². The number of hydrogen-bond acceptors (Lipinski definition) is 4. The Morgan fingerprint density at radius 1 is 1.30 bits per heavy atom. The van der Waals surface area contributed by atoms with Crippen molar-refractivity contribution in [2.75, 3.05) is 31.1 Å². The van der Waals surface area contributed by atoms with Crippen LogP contribution in [0.1, 0.15) is 12.5 Å². The van der Waals surface area contributed by atoms with E-state index >= 15 is 0 Å². The Balaban J connectivity index is 2.06. The van der Waals surface area contributed by atoms with Crippen molar-refractivity contribution in [3.05, 3.63) is 66.1 Å². The molecule has 1 aromatic carbocycles. The first-order chi connectivity index (χ1) is 13.0. The van der Waals surface area contributed by atoms with Crippen LogP contribution in [0.5, 0.6) is 5.75 Å². The lowest BCUT2D eigenvalue weighted by molar-refractivity contribution is 0.441. The highest BCUT2D eigenvalue weighted by Gasteiger charge is 2.17. The van der Waals surface area contributed by atoms with E-state index in [1.165, 1.54) is 6.08 Å². The lowest BCUT2D eigenvalue weighted by atomic mass is 10.1. The number of aryl methyl sites for hydroxylation is 1. The largest absolute Gasteiger partial charge is 0.456 e. The molecule has 0 atom stereocenters. The standard InChI is InChI=1S/C21H23F2N3O/c1-4-16(12-18(23)15(3)22)27-21-14(2)13-25-20-17(21)6-5-7-19(20)26-10-8-24-9-11-26/h4-7,12-13,24H,1,8-11H2,2-3H3. The smallest absolute Gasteiger partial charge is 0.157 e. The van der Waals surface area contributed by atoms with Gasteiger partial charge in [0, 0.05) is 49.4 Å². The van der Waals surface area contributed by atoms with Gasteiger partial charge in [0.2, 0.25) is 0 Å². The summed E-state index contributed by atoms with van der Waals surface area (Å²) in [5.41, 5.74) is 2.66. The molecule has 1 aliphatic rings. The maximum absolute atomic E-state index is 13.7. The Morgan fingerprint density at radius 3 is 2.70 bits per heavy atom. The first kappa shape index (κ1) is 19.0. The van der Waals surface area contributed by atoms with Gasteiger partial charge in [0.1, 0.15) is 17.3 Å². The molecular formula is C21H23F2N3O. The number of benzene rings is 1. The fourth-order valence-electron chi connectivity index (χ4n) is 3.05. The van der Waals surface area contributed by atoms with Crippen LogP contribution in [0.25, 0.3) is 10.9 Å². The monoisotopic (exact) mass is 371 g/mol. The third-order valence-electron chi connectivity index (χ3n) is 4.48. The van der Waals surface area contributed by atoms with Crippen molar-refractivity contribution >= 4 is 16.6 Å². The number of allylic oxidation sites excluding steroid dienone is 4. The second-order valence-corrected chi connectivity index (χ2v) is 6.41. The number of pyridine rings is 1. The van der Waals surface area contributed by atoms with Crippen LogP contribution >= 0.6 is 0 Å². The van der Waals surface area contributed by atoms with Crippen LogP contribution in [-0.2, 0) is 0 Å². The predicted octanol–water partition coefficient (Wildman–Crippen LogP) is 4.57. The van der Waals surface area contributed by atoms with E-state index in [1.54, 1.807) is 6.20 Å². The molecule has 0 unspecified atom stereocenters. The number of ether oxygens (including phenoxy) is 1. The SMILES string of the molecule is C=CC(=CC(F)=C(C)F)Oc1c(C)cnc2c(N3CCNCC3)cccc12. The molecule has 1 N–H and O–H groups in total. The van der Waals surface area contributed by atoms with Crippen LogP contribution in [0.4, 0.5) is 14.5 Å². The van der Waals surface area contributed by atoms with Crippen molar-refractivity contribution in [3.8, 4) is 5.75 Å². The fraction of sp³-hybridized carbons (Fsp3) is 0.286. The van der Waals surface area contributed by atoms with Gasteiger partial charge in [-0.15, -0.1) is 0 Å². The van der Waals surface area contributed by atoms with Gasteiger partial charge in [0.05, 0.1) is 11.2 Å². The van der Waals surface area contributed by atoms with E-state index in [2.05, 4.69) is 21.8 Å². The molecule has 0 spiro atoms. The highest BCUT2D eigenvalue weighted by molar-refractivity contribution is 5.95. The van der Waals surface area contributed by atoms with Crippen LogP contribution in [0, 0.1) is 6.92 Å². The number of nitrogens with zero attached hydrogens (tertiary/aromatic N) is 2. The van der Waals surface area contributed by atoms with Gasteiger partial charge in [-0.3, -0.25) is 4.98 Å². The molecule has 0 amide bonds. The topological polar surface area (TPSA) is 37.4 Å². The average molecular weight is 371 g/mol. The molecule has 3 rings (SSSR count). The van der Waals surface area contributed by atoms with E-state index in [0.29, 0.717) is 5.75 Å². The van der Waals surface area contributed by atoms with E-state index in [9.17, 15) is 8.78 Å². The van der Waals surface area contributed by atoms with Gasteiger partial charge in [-0.25, -0.2) is 8.78 Å². The van der Waals surface area contributed by atoms with Gasteiger partial charge in [-0.1, -0.05) is 12.6 Å². The van der Waals surface area contributed by atoms with Gasteiger partial charge >= 0.3 is 0 Å². The summed E-state index contributed by atoms with van der Waals surface area (Å²) in [4.78, 5) is 6.89. The number of hydrogen-bond donors (Lipinski definition) is 1. The highest BCUT2D eigenvalue weighted by atomic mass is 19.2. The Hall–Kier alpha value is -2.73. The van der Waals surface area contributed by atoms with E-state index < -0.39 is 11.7 Å². The van der Waals surface area contributed by atoms with Gasteiger partial charge in [0.25, 0.3) is 0 Å². The molecule has 142 valence electrons. The lowest BCUT2D eigenvalue weighted by Crippen LogP contribution is -2.43. The summed E-state index contributed by atoms with van der Waals surface area (Å²) in [6.45, 7) is 10.2. The maximum Gasteiger partial charge on any atom is 0.157 e. The van der Waals surface area contributed by atoms with E-state index in [1.807, 2.05) is 25.1 Å². The van der Waals surface area contributed by atoms with Crippen LogP contribution in [-0.4, -0.2) is 31.2 Å². The number of rotatable bonds is 5. The van der Waals surface area contributed by atoms with Gasteiger partial charge < -0.3 is 15.0 Å². The molecular weight excluding hydrogens is 348 g/mol. The van der Waals surface area contributed by atoms with Gasteiger partial charge in [0.15, 0.2) is 5.83 Å². The van der Waals surface area contributed by atoms with Crippen LogP contribution in [0.2, 0.25) is 0 Å². The predicted molar refractivity (Wildman–Crippen MR) is 105 cm³/mol. The minimum absolute atomic E-state index is 0.132. The van der Waals surface area contributed by atoms with Gasteiger partial charge in [-0.2, -0.15) is 0 Å². The number of piperazine rings is 1. The molecule has 0 bridgehead atoms. The molecule has 2 heterocycles. The normalized spacial score (nSPS) is 16.3. The second-order valence-electron chi connectivity index (χ2n) is 6.41. The van der Waals surface area contributed by atoms with E-state index in [0.717, 1.165) is 61.3 Å². The molecule has 27 heavy (non-hydrogen) atoms. The minimum atomic E-state index is -0.984. The quantitative estimate of drug-likeness (QED) is 0.617. The molecule has 6 heteroatoms. The highest BCUT2D eigenvalue weighted by Crippen LogP contribution is 2.35. The summed E-state index contributed by atoms with van der Waals surface area (Å²) in [6.07, 6.45) is 4.08. The summed E-state index contributed by atoms with van der Waals surface area (Å²) < 4.78 is 32.6. The summed E-state index contributed by atoms with van der Waals surface area (Å²) in [6, 6.07) is 5.92. The van der Waals surface area contributed by atoms with E-state index in [4.69, 9.17) is 4.74 Å². The maximum atomic E-state index is 13.7. The Kier molecular flexibility index (Phi) is 5.86. The van der Waals surface area contributed by atoms with Crippen molar-refractivity contribution in [3.63, 3.8) is 0 Å². The van der Waals surface area contributed by atoms with E-state index in [-0.39, 0.29) is 5.76 Å². The molecule has 0 saturated carbocycles. The number of nitrogens with one attached hydrogen (secondary N) is 1. The summed E-state index contributed by atoms with van der Waals surface area (Å²) >= 11 is 0. The van der Waals surface area contributed by atoms with Crippen LogP contribution in [0.15, 0.2) is 60.5 Å². The second kappa shape index (κ2) is 8.31. The summed E-state index contributed by atoms with van der Waals surface area (Å²) in [5, 5.41) is 4.16. The zero-order valence-corrected chi connectivity index (χ0v) is 15.6. The average Bonchev–Trinajstić information content (AvgIpc) is 2.69. The first-order valence-corrected chi connectivity index (χ1v) is 8.89. The zero-order chi connectivity index (χ0) is 19.4. The van der Waals surface area contributed by atoms with Crippen molar-refractivity contribution in [1.82, 2.24) is 10.3 Å². The Morgan fingerprint density at radius 2 is 2.04 bits per heavy atom. The summed E-state index contributed by atoms with van der Waals surface area (Å²) in [5.74, 6) is -1.20. The molecule has 2 aromatic rings. The number of anilines is 1. The number of halogens is 2. The molecule has 0 radical (unpaired) electrons. The molecule has 0 aliphatic carbocycles.